The maximum Gasteiger partial charge on any atom is 0.279 e. The van der Waals surface area contributed by atoms with Crippen LogP contribution >= 0.6 is 0 Å². The number of carbonyl (C=O) groups is 1. The van der Waals surface area contributed by atoms with Crippen LogP contribution in [0.25, 0.3) is 16.7 Å². The van der Waals surface area contributed by atoms with Crippen molar-refractivity contribution in [2.45, 2.75) is 20.8 Å². The number of fused-ring (bicyclic) bond motifs is 1. The Morgan fingerprint density at radius 1 is 1.03 bits per heavy atom. The van der Waals surface area contributed by atoms with E-state index in [9.17, 15) is 25.0 Å². The van der Waals surface area contributed by atoms with Gasteiger partial charge in [-0.1, -0.05) is 12.1 Å². The fourth-order valence-corrected chi connectivity index (χ4v) is 3.79. The molecule has 0 saturated heterocycles. The van der Waals surface area contributed by atoms with Gasteiger partial charge in [-0.25, -0.2) is 4.98 Å². The fraction of sp³-hybridized carbons (Fsp3) is 0.174. The second-order valence-electron chi connectivity index (χ2n) is 7.84. The summed E-state index contributed by atoms with van der Waals surface area (Å²) in [4.78, 5) is 38.9. The molecule has 12 heteroatoms. The second kappa shape index (κ2) is 8.82. The van der Waals surface area contributed by atoms with Crippen LogP contribution in [-0.2, 0) is 0 Å². The topological polar surface area (TPSA) is 155 Å². The van der Waals surface area contributed by atoms with Crippen molar-refractivity contribution in [2.75, 3.05) is 12.4 Å². The molecule has 0 unspecified atom stereocenters. The van der Waals surface area contributed by atoms with Crippen LogP contribution in [0.4, 0.5) is 17.2 Å². The van der Waals surface area contributed by atoms with E-state index in [0.29, 0.717) is 22.8 Å². The van der Waals surface area contributed by atoms with Crippen LogP contribution in [0.5, 0.6) is 5.75 Å². The number of aromatic nitrogens is 3. The summed E-state index contributed by atoms with van der Waals surface area (Å²) in [7, 11) is 1.54. The van der Waals surface area contributed by atoms with Crippen molar-refractivity contribution in [1.29, 1.82) is 0 Å². The largest absolute Gasteiger partial charge is 0.494 e. The molecule has 0 fully saturated rings. The summed E-state index contributed by atoms with van der Waals surface area (Å²) in [6, 6.07) is 11.0. The number of aryl methyl sites for hydroxylation is 2. The van der Waals surface area contributed by atoms with Crippen LogP contribution in [0.3, 0.4) is 0 Å². The van der Waals surface area contributed by atoms with Crippen molar-refractivity contribution in [3.8, 4) is 11.6 Å². The molecule has 0 aliphatic carbocycles. The highest BCUT2D eigenvalue weighted by Gasteiger charge is 2.26. The number of nitro benzene ring substituents is 2. The van der Waals surface area contributed by atoms with Crippen LogP contribution in [0.15, 0.2) is 42.5 Å². The summed E-state index contributed by atoms with van der Waals surface area (Å²) in [6.45, 7) is 4.90. The third-order valence-corrected chi connectivity index (χ3v) is 5.51. The van der Waals surface area contributed by atoms with Gasteiger partial charge in [-0.15, -0.1) is 0 Å². The van der Waals surface area contributed by atoms with Gasteiger partial charge in [0.1, 0.15) is 22.6 Å². The molecule has 0 radical (unpaired) electrons. The Balaban J connectivity index is 1.78. The minimum atomic E-state index is -0.771. The summed E-state index contributed by atoms with van der Waals surface area (Å²) >= 11 is 0. The molecule has 4 aromatic rings. The minimum absolute atomic E-state index is 0.137. The summed E-state index contributed by atoms with van der Waals surface area (Å²) < 4.78 is 6.85. The van der Waals surface area contributed by atoms with Crippen molar-refractivity contribution in [3.05, 3.63) is 85.1 Å². The molecule has 2 aromatic heterocycles. The Hall–Kier alpha value is -4.87. The van der Waals surface area contributed by atoms with Crippen LogP contribution in [-0.4, -0.2) is 37.6 Å². The maximum absolute atomic E-state index is 13.0. The molecule has 0 aliphatic rings. The van der Waals surface area contributed by atoms with Crippen LogP contribution in [0.2, 0.25) is 0 Å². The van der Waals surface area contributed by atoms with Gasteiger partial charge in [0.25, 0.3) is 17.3 Å². The van der Waals surface area contributed by atoms with Crippen LogP contribution < -0.4 is 10.1 Å². The molecule has 178 valence electrons. The first-order chi connectivity index (χ1) is 16.6. The number of benzene rings is 2. The zero-order valence-electron chi connectivity index (χ0n) is 19.2. The third-order valence-electron chi connectivity index (χ3n) is 5.51. The van der Waals surface area contributed by atoms with Gasteiger partial charge in [-0.2, -0.15) is 9.78 Å². The number of amides is 1. The van der Waals surface area contributed by atoms with Gasteiger partial charge in [-0.05, 0) is 38.5 Å². The predicted octanol–water partition coefficient (Wildman–Crippen LogP) is 4.42. The maximum atomic E-state index is 13.0. The lowest BCUT2D eigenvalue weighted by Crippen LogP contribution is -2.16. The van der Waals surface area contributed by atoms with Gasteiger partial charge in [0.2, 0.25) is 0 Å². The number of hydrogen-bond acceptors (Lipinski definition) is 8. The smallest absolute Gasteiger partial charge is 0.279 e. The fourth-order valence-electron chi connectivity index (χ4n) is 3.79. The number of nitrogens with zero attached hydrogens (tertiary/aromatic N) is 5. The minimum Gasteiger partial charge on any atom is -0.494 e. The van der Waals surface area contributed by atoms with E-state index in [0.717, 1.165) is 23.1 Å². The van der Waals surface area contributed by atoms with E-state index in [2.05, 4.69) is 15.4 Å². The monoisotopic (exact) mass is 476 g/mol. The van der Waals surface area contributed by atoms with E-state index in [-0.39, 0.29) is 16.9 Å². The number of methoxy groups -OCH3 is 1. The highest BCUT2D eigenvalue weighted by Crippen LogP contribution is 2.31. The quantitative estimate of drug-likeness (QED) is 0.317. The predicted molar refractivity (Wildman–Crippen MR) is 127 cm³/mol. The van der Waals surface area contributed by atoms with Crippen molar-refractivity contribution >= 4 is 34.0 Å². The number of nitro groups is 2. The molecule has 4 rings (SSSR count). The van der Waals surface area contributed by atoms with E-state index < -0.39 is 27.1 Å². The van der Waals surface area contributed by atoms with Crippen molar-refractivity contribution in [1.82, 2.24) is 14.8 Å². The number of hydrogen-bond donors (Lipinski definition) is 1. The number of anilines is 1. The molecule has 0 atom stereocenters. The third kappa shape index (κ3) is 4.24. The van der Waals surface area contributed by atoms with Gasteiger partial charge in [0.05, 0.1) is 28.2 Å². The number of carbonyl (C=O) groups excluding carboxylic acids is 1. The number of nitrogens with one attached hydrogen (secondary N) is 1. The Kier molecular flexibility index (Phi) is 5.87. The molecule has 1 amide bonds. The number of rotatable bonds is 6. The standard InChI is InChI=1S/C23H20N6O6/c1-12-8-20(24-22-16(12)6-5-7-19(22)35-4)27-21(9-13(2)26-27)25-23(30)15-10-17(28(31)32)14(3)18(11-15)29(33)34/h5-11H,1-4H3,(H,25,30). The molecule has 0 spiro atoms. The van der Waals surface area contributed by atoms with Gasteiger partial charge < -0.3 is 10.1 Å². The zero-order chi connectivity index (χ0) is 25.4. The summed E-state index contributed by atoms with van der Waals surface area (Å²) in [5.74, 6) is 0.442. The molecular formula is C23H20N6O6. The molecule has 0 saturated carbocycles. The van der Waals surface area contributed by atoms with Crippen molar-refractivity contribution < 1.29 is 19.4 Å². The first kappa shape index (κ1) is 23.3. The van der Waals surface area contributed by atoms with Gasteiger partial charge in [0.15, 0.2) is 5.82 Å². The van der Waals surface area contributed by atoms with Crippen LogP contribution in [0, 0.1) is 41.0 Å². The number of ether oxygens (including phenoxy) is 1. The van der Waals surface area contributed by atoms with E-state index in [4.69, 9.17) is 4.74 Å². The Bertz CT molecular complexity index is 1490. The molecular weight excluding hydrogens is 456 g/mol. The van der Waals surface area contributed by atoms with Gasteiger partial charge in [-0.3, -0.25) is 25.0 Å². The summed E-state index contributed by atoms with van der Waals surface area (Å²) in [5.41, 5.74) is 0.673. The summed E-state index contributed by atoms with van der Waals surface area (Å²) in [5, 5.41) is 30.7. The highest BCUT2D eigenvalue weighted by atomic mass is 16.6. The lowest BCUT2D eigenvalue weighted by atomic mass is 10.1. The summed E-state index contributed by atoms with van der Waals surface area (Å²) in [6.07, 6.45) is 0. The first-order valence-corrected chi connectivity index (χ1v) is 10.4. The molecule has 2 heterocycles. The molecule has 35 heavy (non-hydrogen) atoms. The van der Waals surface area contributed by atoms with E-state index in [1.165, 1.54) is 11.6 Å². The zero-order valence-corrected chi connectivity index (χ0v) is 19.2. The molecule has 0 aliphatic heterocycles. The normalized spacial score (nSPS) is 10.9. The van der Waals surface area contributed by atoms with Crippen molar-refractivity contribution in [3.63, 3.8) is 0 Å². The van der Waals surface area contributed by atoms with Crippen LogP contribution in [0.1, 0.15) is 27.2 Å². The number of pyridine rings is 1. The molecule has 12 nitrogen and oxygen atoms in total. The Morgan fingerprint density at radius 2 is 1.69 bits per heavy atom. The van der Waals surface area contributed by atoms with Gasteiger partial charge >= 0.3 is 0 Å². The average Bonchev–Trinajstić information content (AvgIpc) is 3.18. The second-order valence-corrected chi connectivity index (χ2v) is 7.84. The number of para-hydroxylation sites is 1. The average molecular weight is 476 g/mol. The molecule has 1 N–H and O–H groups in total. The lowest BCUT2D eigenvalue weighted by molar-refractivity contribution is -0.395. The van der Waals surface area contributed by atoms with E-state index in [1.54, 1.807) is 32.2 Å². The Morgan fingerprint density at radius 3 is 2.29 bits per heavy atom. The SMILES string of the molecule is COc1cccc2c(C)cc(-n3nc(C)cc3NC(=O)c3cc([N+](=O)[O-])c(C)c([N+](=O)[O-])c3)nc12. The van der Waals surface area contributed by atoms with Gasteiger partial charge in [0, 0.05) is 23.6 Å². The van der Waals surface area contributed by atoms with E-state index in [1.807, 2.05) is 19.1 Å². The van der Waals surface area contributed by atoms with E-state index >= 15 is 0 Å². The van der Waals surface area contributed by atoms with Crippen molar-refractivity contribution in [2.24, 2.45) is 0 Å². The Labute approximate surface area is 198 Å². The molecule has 2 aromatic carbocycles. The lowest BCUT2D eigenvalue weighted by Gasteiger charge is -2.12. The molecule has 0 bridgehead atoms. The first-order valence-electron chi connectivity index (χ1n) is 10.4. The highest BCUT2D eigenvalue weighted by molar-refractivity contribution is 6.05.